The standard InChI is InChI=1S/C15H10BrNO2S/c1-9-5-6-20-13(9)8-12-15(18)19-14(17-12)10-3-2-4-11(16)7-10/h2-8H,1H3. The van der Waals surface area contributed by atoms with Gasteiger partial charge in [0.05, 0.1) is 0 Å². The molecule has 20 heavy (non-hydrogen) atoms. The number of thiophene rings is 1. The van der Waals surface area contributed by atoms with Crippen molar-refractivity contribution in [1.29, 1.82) is 0 Å². The maximum absolute atomic E-state index is 11.9. The number of esters is 1. The summed E-state index contributed by atoms with van der Waals surface area (Å²) in [7, 11) is 0. The van der Waals surface area contributed by atoms with Crippen LogP contribution in [0.15, 0.2) is 50.9 Å². The van der Waals surface area contributed by atoms with Gasteiger partial charge in [-0.05, 0) is 48.2 Å². The van der Waals surface area contributed by atoms with Crippen molar-refractivity contribution in [1.82, 2.24) is 0 Å². The average Bonchev–Trinajstić information content (AvgIpc) is 2.98. The Morgan fingerprint density at radius 2 is 2.20 bits per heavy atom. The lowest BCUT2D eigenvalue weighted by atomic mass is 10.2. The van der Waals surface area contributed by atoms with Crippen LogP contribution in [0.3, 0.4) is 0 Å². The van der Waals surface area contributed by atoms with E-state index in [1.54, 1.807) is 17.4 Å². The minimum Gasteiger partial charge on any atom is -0.402 e. The summed E-state index contributed by atoms with van der Waals surface area (Å²) in [5, 5.41) is 1.99. The van der Waals surface area contributed by atoms with Gasteiger partial charge < -0.3 is 4.74 Å². The highest BCUT2D eigenvalue weighted by Gasteiger charge is 2.24. The zero-order valence-corrected chi connectivity index (χ0v) is 13.0. The maximum atomic E-state index is 11.9. The van der Waals surface area contributed by atoms with Crippen LogP contribution in [0, 0.1) is 6.92 Å². The third-order valence-corrected chi connectivity index (χ3v) is 4.32. The van der Waals surface area contributed by atoms with E-state index in [2.05, 4.69) is 20.9 Å². The Balaban J connectivity index is 1.97. The molecule has 0 spiro atoms. The van der Waals surface area contributed by atoms with E-state index in [-0.39, 0.29) is 0 Å². The highest BCUT2D eigenvalue weighted by atomic mass is 79.9. The second kappa shape index (κ2) is 5.34. The largest absolute Gasteiger partial charge is 0.402 e. The van der Waals surface area contributed by atoms with Crippen molar-refractivity contribution in [3.8, 4) is 0 Å². The maximum Gasteiger partial charge on any atom is 0.363 e. The normalized spacial score (nSPS) is 16.4. The summed E-state index contributed by atoms with van der Waals surface area (Å²) >= 11 is 4.97. The molecule has 1 aliphatic heterocycles. The third kappa shape index (κ3) is 2.59. The lowest BCUT2D eigenvalue weighted by Crippen LogP contribution is -2.05. The predicted octanol–water partition coefficient (Wildman–Crippen LogP) is 4.16. The number of rotatable bonds is 2. The van der Waals surface area contributed by atoms with Crippen molar-refractivity contribution >= 4 is 45.2 Å². The van der Waals surface area contributed by atoms with Crippen LogP contribution in [0.5, 0.6) is 0 Å². The van der Waals surface area contributed by atoms with Gasteiger partial charge in [-0.2, -0.15) is 0 Å². The zero-order chi connectivity index (χ0) is 14.1. The van der Waals surface area contributed by atoms with E-state index < -0.39 is 5.97 Å². The van der Waals surface area contributed by atoms with Gasteiger partial charge in [-0.3, -0.25) is 0 Å². The van der Waals surface area contributed by atoms with Gasteiger partial charge in [0.25, 0.3) is 0 Å². The molecular formula is C15H10BrNO2S. The zero-order valence-electron chi connectivity index (χ0n) is 10.6. The smallest absolute Gasteiger partial charge is 0.363 e. The molecule has 0 atom stereocenters. The second-order valence-electron chi connectivity index (χ2n) is 4.31. The highest BCUT2D eigenvalue weighted by Crippen LogP contribution is 2.24. The summed E-state index contributed by atoms with van der Waals surface area (Å²) < 4.78 is 6.15. The predicted molar refractivity (Wildman–Crippen MR) is 83.8 cm³/mol. The SMILES string of the molecule is Cc1ccsc1C=C1N=C(c2cccc(Br)c2)OC1=O. The average molecular weight is 348 g/mol. The number of halogens is 1. The minimum atomic E-state index is -0.409. The number of cyclic esters (lactones) is 1. The molecule has 3 nitrogen and oxygen atoms in total. The molecule has 0 fully saturated rings. The van der Waals surface area contributed by atoms with Crippen molar-refractivity contribution in [2.75, 3.05) is 0 Å². The molecule has 1 aromatic heterocycles. The fraction of sp³-hybridized carbons (Fsp3) is 0.0667. The third-order valence-electron chi connectivity index (χ3n) is 2.86. The molecule has 0 bridgehead atoms. The fourth-order valence-corrected chi connectivity index (χ4v) is 3.06. The van der Waals surface area contributed by atoms with Crippen LogP contribution >= 0.6 is 27.3 Å². The molecule has 0 N–H and O–H groups in total. The molecule has 0 radical (unpaired) electrons. The number of nitrogens with zero attached hydrogens (tertiary/aromatic N) is 1. The molecule has 0 saturated heterocycles. The first-order valence-electron chi connectivity index (χ1n) is 5.96. The number of benzene rings is 1. The summed E-state index contributed by atoms with van der Waals surface area (Å²) in [6.07, 6.45) is 1.77. The Bertz CT molecular complexity index is 746. The Kier molecular flexibility index (Phi) is 3.54. The van der Waals surface area contributed by atoms with Crippen molar-refractivity contribution < 1.29 is 9.53 Å². The molecule has 2 aromatic rings. The van der Waals surface area contributed by atoms with Crippen LogP contribution < -0.4 is 0 Å². The molecule has 0 saturated carbocycles. The Labute approximate surface area is 128 Å². The van der Waals surface area contributed by atoms with Gasteiger partial charge in [0.15, 0.2) is 5.70 Å². The van der Waals surface area contributed by atoms with Crippen LogP contribution in [-0.2, 0) is 9.53 Å². The van der Waals surface area contributed by atoms with Crippen molar-refractivity contribution in [3.63, 3.8) is 0 Å². The summed E-state index contributed by atoms with van der Waals surface area (Å²) in [4.78, 5) is 17.2. The van der Waals surface area contributed by atoms with E-state index in [4.69, 9.17) is 4.74 Å². The highest BCUT2D eigenvalue weighted by molar-refractivity contribution is 9.10. The van der Waals surface area contributed by atoms with Gasteiger partial charge in [0, 0.05) is 14.9 Å². The number of aryl methyl sites for hydroxylation is 1. The Morgan fingerprint density at radius 3 is 2.90 bits per heavy atom. The van der Waals surface area contributed by atoms with Crippen LogP contribution in [-0.4, -0.2) is 11.9 Å². The second-order valence-corrected chi connectivity index (χ2v) is 6.18. The number of hydrogen-bond donors (Lipinski definition) is 0. The molecule has 0 aliphatic carbocycles. The number of hydrogen-bond acceptors (Lipinski definition) is 4. The Hall–Kier alpha value is -1.72. The molecule has 0 unspecified atom stereocenters. The molecule has 3 rings (SSSR count). The van der Waals surface area contributed by atoms with E-state index in [0.717, 1.165) is 20.5 Å². The number of ether oxygens (including phenoxy) is 1. The molecule has 0 amide bonds. The Morgan fingerprint density at radius 1 is 1.35 bits per heavy atom. The first-order chi connectivity index (χ1) is 9.63. The number of carbonyl (C=O) groups is 1. The first-order valence-corrected chi connectivity index (χ1v) is 7.63. The topological polar surface area (TPSA) is 38.7 Å². The fourth-order valence-electron chi connectivity index (χ4n) is 1.81. The van der Waals surface area contributed by atoms with Crippen molar-refractivity contribution in [2.45, 2.75) is 6.92 Å². The van der Waals surface area contributed by atoms with Gasteiger partial charge in [-0.25, -0.2) is 9.79 Å². The number of aliphatic imine (C=N–C) groups is 1. The summed E-state index contributed by atoms with van der Waals surface area (Å²) in [6.45, 7) is 2.00. The molecular weight excluding hydrogens is 338 g/mol. The quantitative estimate of drug-likeness (QED) is 0.604. The van der Waals surface area contributed by atoms with Crippen LogP contribution in [0.25, 0.3) is 6.08 Å². The van der Waals surface area contributed by atoms with Gasteiger partial charge in [-0.15, -0.1) is 11.3 Å². The molecule has 100 valence electrons. The monoisotopic (exact) mass is 347 g/mol. The van der Waals surface area contributed by atoms with Gasteiger partial charge >= 0.3 is 5.97 Å². The van der Waals surface area contributed by atoms with E-state index in [9.17, 15) is 4.79 Å². The summed E-state index contributed by atoms with van der Waals surface area (Å²) in [6, 6.07) is 9.52. The number of carbonyl (C=O) groups excluding carboxylic acids is 1. The van der Waals surface area contributed by atoms with E-state index in [1.807, 2.05) is 42.6 Å². The summed E-state index contributed by atoms with van der Waals surface area (Å²) in [5.41, 5.74) is 2.24. The summed E-state index contributed by atoms with van der Waals surface area (Å²) in [5.74, 6) is -0.0652. The lowest BCUT2D eigenvalue weighted by Gasteiger charge is -1.99. The van der Waals surface area contributed by atoms with Crippen molar-refractivity contribution in [2.24, 2.45) is 4.99 Å². The van der Waals surface area contributed by atoms with Gasteiger partial charge in [0.2, 0.25) is 5.90 Å². The van der Waals surface area contributed by atoms with Gasteiger partial charge in [-0.1, -0.05) is 22.0 Å². The van der Waals surface area contributed by atoms with E-state index >= 15 is 0 Å². The molecule has 1 aliphatic rings. The molecule has 1 aromatic carbocycles. The molecule has 2 heterocycles. The van der Waals surface area contributed by atoms with E-state index in [0.29, 0.717) is 11.6 Å². The first kappa shape index (κ1) is 13.3. The molecule has 5 heteroatoms. The van der Waals surface area contributed by atoms with Gasteiger partial charge in [0.1, 0.15) is 0 Å². The van der Waals surface area contributed by atoms with Crippen LogP contribution in [0.4, 0.5) is 0 Å². The van der Waals surface area contributed by atoms with Crippen LogP contribution in [0.2, 0.25) is 0 Å². The minimum absolute atomic E-state index is 0.338. The van der Waals surface area contributed by atoms with E-state index in [1.165, 1.54) is 0 Å². The van der Waals surface area contributed by atoms with Crippen molar-refractivity contribution in [3.05, 3.63) is 61.9 Å². The lowest BCUT2D eigenvalue weighted by molar-refractivity contribution is -0.129. The van der Waals surface area contributed by atoms with Crippen LogP contribution in [0.1, 0.15) is 16.0 Å².